The minimum Gasteiger partial charge on any atom is -0.479 e. The Kier molecular flexibility index (Phi) is 5.07. The first-order valence-corrected chi connectivity index (χ1v) is 8.47. The first kappa shape index (κ1) is 17.7. The van der Waals surface area contributed by atoms with Crippen LogP contribution in [-0.2, 0) is 9.53 Å². The predicted octanol–water partition coefficient (Wildman–Crippen LogP) is 4.10. The Morgan fingerprint density at radius 3 is 2.58 bits per heavy atom. The molecule has 5 heteroatoms. The van der Waals surface area contributed by atoms with Crippen molar-refractivity contribution in [3.05, 3.63) is 64.5 Å². The van der Waals surface area contributed by atoms with Crippen LogP contribution in [0.2, 0.25) is 0 Å². The number of esters is 1. The minimum atomic E-state index is -0.725. The first-order chi connectivity index (χ1) is 12.5. The average molecular weight is 352 g/mol. The molecule has 0 amide bonds. The van der Waals surface area contributed by atoms with Gasteiger partial charge in [-0.25, -0.2) is 9.59 Å². The third-order valence-electron chi connectivity index (χ3n) is 4.13. The zero-order chi connectivity index (χ0) is 18.7. The van der Waals surface area contributed by atoms with Gasteiger partial charge in [0.2, 0.25) is 0 Å². The molecule has 2 aromatic carbocycles. The summed E-state index contributed by atoms with van der Waals surface area (Å²) in [4.78, 5) is 24.2. The third-order valence-corrected chi connectivity index (χ3v) is 4.13. The average Bonchev–Trinajstić information content (AvgIpc) is 2.63. The molecule has 0 saturated carbocycles. The Morgan fingerprint density at radius 2 is 1.88 bits per heavy atom. The van der Waals surface area contributed by atoms with Gasteiger partial charge >= 0.3 is 11.6 Å². The number of benzene rings is 2. The largest absolute Gasteiger partial charge is 0.479 e. The molecule has 5 nitrogen and oxygen atoms in total. The second-order valence-electron chi connectivity index (χ2n) is 5.93. The van der Waals surface area contributed by atoms with Crippen molar-refractivity contribution in [2.45, 2.75) is 26.9 Å². The smallest absolute Gasteiger partial charge is 0.347 e. The summed E-state index contributed by atoms with van der Waals surface area (Å²) in [5, 5.41) is 0.761. The van der Waals surface area contributed by atoms with Gasteiger partial charge in [0, 0.05) is 5.39 Å². The van der Waals surface area contributed by atoms with E-state index in [0.29, 0.717) is 23.5 Å². The molecule has 0 fully saturated rings. The Bertz CT molecular complexity index is 988. The van der Waals surface area contributed by atoms with Crippen LogP contribution in [0.15, 0.2) is 57.7 Å². The van der Waals surface area contributed by atoms with Gasteiger partial charge < -0.3 is 13.9 Å². The molecule has 1 unspecified atom stereocenters. The van der Waals surface area contributed by atoms with Gasteiger partial charge in [-0.05, 0) is 50.1 Å². The molecular weight excluding hydrogens is 332 g/mol. The second-order valence-corrected chi connectivity index (χ2v) is 5.93. The molecule has 0 N–H and O–H groups in total. The van der Waals surface area contributed by atoms with E-state index in [1.807, 2.05) is 37.3 Å². The van der Waals surface area contributed by atoms with Crippen molar-refractivity contribution >= 4 is 16.9 Å². The monoisotopic (exact) mass is 352 g/mol. The van der Waals surface area contributed by atoms with Crippen LogP contribution in [-0.4, -0.2) is 18.7 Å². The molecule has 26 heavy (non-hydrogen) atoms. The maximum Gasteiger partial charge on any atom is 0.347 e. The highest BCUT2D eigenvalue weighted by molar-refractivity contribution is 5.87. The summed E-state index contributed by atoms with van der Waals surface area (Å²) in [7, 11) is 0. The van der Waals surface area contributed by atoms with Gasteiger partial charge in [0.1, 0.15) is 11.3 Å². The lowest BCUT2D eigenvalue weighted by molar-refractivity contribution is -0.150. The molecule has 1 heterocycles. The van der Waals surface area contributed by atoms with Crippen LogP contribution in [0.1, 0.15) is 19.4 Å². The molecule has 0 bridgehead atoms. The number of carbonyl (C=O) groups is 1. The highest BCUT2D eigenvalue weighted by Crippen LogP contribution is 2.29. The second kappa shape index (κ2) is 7.44. The minimum absolute atomic E-state index is 0.301. The van der Waals surface area contributed by atoms with E-state index in [0.717, 1.165) is 16.5 Å². The number of carbonyl (C=O) groups excluding carboxylic acids is 1. The van der Waals surface area contributed by atoms with Crippen LogP contribution >= 0.6 is 0 Å². The maximum absolute atomic E-state index is 12.4. The Morgan fingerprint density at radius 1 is 1.15 bits per heavy atom. The number of hydrogen-bond acceptors (Lipinski definition) is 5. The number of ether oxygens (including phenoxy) is 2. The van der Waals surface area contributed by atoms with Gasteiger partial charge in [0.15, 0.2) is 6.10 Å². The van der Waals surface area contributed by atoms with Crippen molar-refractivity contribution in [1.82, 2.24) is 0 Å². The van der Waals surface area contributed by atoms with Crippen LogP contribution in [0.5, 0.6) is 5.75 Å². The molecule has 0 aliphatic heterocycles. The summed E-state index contributed by atoms with van der Waals surface area (Å²) in [5.41, 5.74) is 2.22. The standard InChI is InChI=1S/C21H20O5/c1-4-24-20(22)14(3)25-16-10-11-18-17(12-16)13(2)19(21(23)26-18)15-8-6-5-7-9-15/h5-12,14H,4H2,1-3H3. The van der Waals surface area contributed by atoms with Crippen molar-refractivity contribution in [2.75, 3.05) is 6.61 Å². The van der Waals surface area contributed by atoms with Crippen LogP contribution in [0.4, 0.5) is 0 Å². The van der Waals surface area contributed by atoms with Gasteiger partial charge in [-0.1, -0.05) is 30.3 Å². The van der Waals surface area contributed by atoms with Gasteiger partial charge in [0.25, 0.3) is 0 Å². The molecule has 0 radical (unpaired) electrons. The van der Waals surface area contributed by atoms with Crippen LogP contribution in [0, 0.1) is 6.92 Å². The van der Waals surface area contributed by atoms with E-state index < -0.39 is 12.1 Å². The van der Waals surface area contributed by atoms with Crippen molar-refractivity contribution in [1.29, 1.82) is 0 Å². The molecule has 0 aliphatic rings. The van der Waals surface area contributed by atoms with Gasteiger partial charge in [-0.15, -0.1) is 0 Å². The Labute approximate surface area is 151 Å². The topological polar surface area (TPSA) is 65.7 Å². The molecule has 0 aliphatic carbocycles. The quantitative estimate of drug-likeness (QED) is 0.511. The molecule has 3 aromatic rings. The van der Waals surface area contributed by atoms with E-state index in [1.54, 1.807) is 32.0 Å². The van der Waals surface area contributed by atoms with Crippen LogP contribution < -0.4 is 10.4 Å². The molecule has 0 saturated heterocycles. The SMILES string of the molecule is CCOC(=O)C(C)Oc1ccc2oc(=O)c(-c3ccccc3)c(C)c2c1. The zero-order valence-corrected chi connectivity index (χ0v) is 14.9. The summed E-state index contributed by atoms with van der Waals surface area (Å²) in [6.45, 7) is 5.56. The van der Waals surface area contributed by atoms with E-state index in [4.69, 9.17) is 13.9 Å². The fourth-order valence-electron chi connectivity index (χ4n) is 2.85. The zero-order valence-electron chi connectivity index (χ0n) is 14.9. The van der Waals surface area contributed by atoms with E-state index in [9.17, 15) is 9.59 Å². The fourth-order valence-corrected chi connectivity index (χ4v) is 2.85. The van der Waals surface area contributed by atoms with Gasteiger partial charge in [0.05, 0.1) is 12.2 Å². The Balaban J connectivity index is 2.04. The highest BCUT2D eigenvalue weighted by atomic mass is 16.6. The lowest BCUT2D eigenvalue weighted by atomic mass is 9.99. The summed E-state index contributed by atoms with van der Waals surface area (Å²) in [6, 6.07) is 14.5. The number of aryl methyl sites for hydroxylation is 1. The normalized spacial score (nSPS) is 12.0. The predicted molar refractivity (Wildman–Crippen MR) is 99.4 cm³/mol. The maximum atomic E-state index is 12.4. The lowest BCUT2D eigenvalue weighted by Gasteiger charge is -2.14. The van der Waals surface area contributed by atoms with E-state index >= 15 is 0 Å². The molecule has 1 aromatic heterocycles. The van der Waals surface area contributed by atoms with Gasteiger partial charge in [-0.3, -0.25) is 0 Å². The number of fused-ring (bicyclic) bond motifs is 1. The van der Waals surface area contributed by atoms with Crippen LogP contribution in [0.25, 0.3) is 22.1 Å². The van der Waals surface area contributed by atoms with E-state index in [1.165, 1.54) is 0 Å². The summed E-state index contributed by atoms with van der Waals surface area (Å²) < 4.78 is 16.1. The molecule has 0 spiro atoms. The fraction of sp³-hybridized carbons (Fsp3) is 0.238. The summed E-state index contributed by atoms with van der Waals surface area (Å²) in [5.74, 6) is 0.0860. The molecule has 1 atom stereocenters. The first-order valence-electron chi connectivity index (χ1n) is 8.47. The molecular formula is C21H20O5. The van der Waals surface area contributed by atoms with E-state index in [2.05, 4.69) is 0 Å². The summed E-state index contributed by atoms with van der Waals surface area (Å²) in [6.07, 6.45) is -0.725. The van der Waals surface area contributed by atoms with E-state index in [-0.39, 0.29) is 5.63 Å². The highest BCUT2D eigenvalue weighted by Gasteiger charge is 2.17. The summed E-state index contributed by atoms with van der Waals surface area (Å²) >= 11 is 0. The lowest BCUT2D eigenvalue weighted by Crippen LogP contribution is -2.26. The van der Waals surface area contributed by atoms with Gasteiger partial charge in [-0.2, -0.15) is 0 Å². The van der Waals surface area contributed by atoms with Crippen molar-refractivity contribution in [2.24, 2.45) is 0 Å². The Hall–Kier alpha value is -3.08. The molecule has 3 rings (SSSR count). The molecule has 134 valence electrons. The number of hydrogen-bond donors (Lipinski definition) is 0. The van der Waals surface area contributed by atoms with Crippen molar-refractivity contribution < 1.29 is 18.7 Å². The van der Waals surface area contributed by atoms with Crippen LogP contribution in [0.3, 0.4) is 0 Å². The third kappa shape index (κ3) is 3.47. The van der Waals surface area contributed by atoms with Crippen molar-refractivity contribution in [3.63, 3.8) is 0 Å². The number of rotatable bonds is 5. The van der Waals surface area contributed by atoms with Crippen molar-refractivity contribution in [3.8, 4) is 16.9 Å².